The first-order chi connectivity index (χ1) is 18.6. The van der Waals surface area contributed by atoms with E-state index >= 15 is 0 Å². The number of β-lactam (4-membered cyclic amide) rings is 1. The van der Waals surface area contributed by atoms with Crippen LogP contribution >= 0.6 is 46.2 Å². The first kappa shape index (κ1) is 27.7. The second kappa shape index (κ2) is 11.0. The Balaban J connectivity index is 1.25. The van der Waals surface area contributed by atoms with Crippen LogP contribution in [0.4, 0.5) is 13.2 Å². The van der Waals surface area contributed by atoms with Crippen molar-refractivity contribution >= 4 is 74.1 Å². The third-order valence-electron chi connectivity index (χ3n) is 6.43. The molecule has 3 atom stereocenters. The summed E-state index contributed by atoms with van der Waals surface area (Å²) in [5, 5.41) is 15.4. The van der Waals surface area contributed by atoms with Gasteiger partial charge in [0.15, 0.2) is 22.9 Å². The summed E-state index contributed by atoms with van der Waals surface area (Å²) in [5.74, 6) is -6.23. The lowest BCUT2D eigenvalue weighted by molar-refractivity contribution is -0.156. The molecule has 1 aromatic carbocycles. The molecule has 204 valence electrons. The van der Waals surface area contributed by atoms with Gasteiger partial charge in [0.1, 0.15) is 16.8 Å². The van der Waals surface area contributed by atoms with E-state index in [9.17, 15) is 37.5 Å². The first-order valence-electron chi connectivity index (χ1n) is 11.5. The Labute approximate surface area is 236 Å². The number of halogens is 3. The Hall–Kier alpha value is -2.81. The van der Waals surface area contributed by atoms with Gasteiger partial charge < -0.3 is 15.3 Å². The number of aliphatic carboxylic acids is 1. The maximum absolute atomic E-state index is 14.2. The fraction of sp³-hybridized carbons (Fsp3) is 0.280. The highest BCUT2D eigenvalue weighted by Gasteiger charge is 2.56. The number of thioether (sulfide) groups is 2. The van der Waals surface area contributed by atoms with Crippen LogP contribution < -0.4 is 10.7 Å². The van der Waals surface area contributed by atoms with Crippen LogP contribution in [-0.4, -0.2) is 51.5 Å². The van der Waals surface area contributed by atoms with Crippen LogP contribution in [0.2, 0.25) is 0 Å². The number of hydrogen-bond acceptors (Lipinski definition) is 8. The van der Waals surface area contributed by atoms with E-state index in [2.05, 4.69) is 5.32 Å². The zero-order valence-electron chi connectivity index (χ0n) is 19.8. The average molecular weight is 613 g/mol. The van der Waals surface area contributed by atoms with E-state index in [4.69, 9.17) is 0 Å². The lowest BCUT2D eigenvalue weighted by Gasteiger charge is -2.53. The van der Waals surface area contributed by atoms with Gasteiger partial charge in [0.2, 0.25) is 11.8 Å². The molecule has 5 rings (SSSR count). The van der Waals surface area contributed by atoms with Crippen molar-refractivity contribution in [3.63, 3.8) is 0 Å². The molecule has 2 unspecified atom stereocenters. The topological polar surface area (TPSA) is 104 Å². The molecule has 2 aliphatic rings. The number of nitrogens with zero attached hydrogens (tertiary/aromatic N) is 1. The van der Waals surface area contributed by atoms with Crippen molar-refractivity contribution in [1.29, 1.82) is 0 Å². The number of carboxylic acid groups (broad SMARTS) is 1. The Kier molecular flexibility index (Phi) is 7.82. The molecule has 0 bridgehead atoms. The van der Waals surface area contributed by atoms with Crippen LogP contribution in [0, 0.1) is 22.9 Å². The van der Waals surface area contributed by atoms with E-state index in [1.165, 1.54) is 28.1 Å². The van der Waals surface area contributed by atoms with Crippen LogP contribution in [0.3, 0.4) is 0 Å². The van der Waals surface area contributed by atoms with Crippen molar-refractivity contribution < 1.29 is 32.7 Å². The Morgan fingerprint density at radius 1 is 1.23 bits per heavy atom. The predicted octanol–water partition coefficient (Wildman–Crippen LogP) is 4.45. The fourth-order valence-corrected chi connectivity index (χ4v) is 8.58. The normalized spacial score (nSPS) is 22.6. The first-order valence-corrected chi connectivity index (χ1v) is 15.1. The number of carboxylic acids is 1. The Morgan fingerprint density at radius 3 is 2.74 bits per heavy atom. The molecule has 2 saturated heterocycles. The second-order valence-electron chi connectivity index (χ2n) is 8.97. The van der Waals surface area contributed by atoms with Crippen molar-refractivity contribution in [1.82, 2.24) is 10.2 Å². The van der Waals surface area contributed by atoms with E-state index in [-0.39, 0.29) is 50.2 Å². The molecule has 2 fully saturated rings. The quantitative estimate of drug-likeness (QED) is 0.220. The molecule has 2 amide bonds. The van der Waals surface area contributed by atoms with E-state index in [1.807, 2.05) is 17.5 Å². The summed E-state index contributed by atoms with van der Waals surface area (Å²) < 4.78 is 41.3. The van der Waals surface area contributed by atoms with Gasteiger partial charge in [0.05, 0.1) is 8.91 Å². The van der Waals surface area contributed by atoms with Gasteiger partial charge in [-0.1, -0.05) is 23.9 Å². The Bertz CT molecular complexity index is 1560. The molecule has 2 N–H and O–H groups in total. The molecule has 39 heavy (non-hydrogen) atoms. The summed E-state index contributed by atoms with van der Waals surface area (Å²) in [7, 11) is 0. The van der Waals surface area contributed by atoms with Crippen molar-refractivity contribution in [3.05, 3.63) is 73.7 Å². The predicted molar refractivity (Wildman–Crippen MR) is 146 cm³/mol. The lowest BCUT2D eigenvalue weighted by Crippen LogP contribution is -2.73. The zero-order valence-corrected chi connectivity index (χ0v) is 23.1. The van der Waals surface area contributed by atoms with Gasteiger partial charge in [-0.2, -0.15) is 0 Å². The highest BCUT2D eigenvalue weighted by atomic mass is 32.2. The van der Waals surface area contributed by atoms with Gasteiger partial charge in [-0.05, 0) is 29.3 Å². The van der Waals surface area contributed by atoms with E-state index in [0.717, 1.165) is 34.0 Å². The second-order valence-corrected chi connectivity index (χ2v) is 13.4. The van der Waals surface area contributed by atoms with Crippen molar-refractivity contribution in [3.8, 4) is 0 Å². The number of fused-ring (bicyclic) bond motifs is 2. The van der Waals surface area contributed by atoms with Crippen LogP contribution in [0.15, 0.2) is 50.1 Å². The van der Waals surface area contributed by atoms with Gasteiger partial charge in [-0.3, -0.25) is 19.2 Å². The summed E-state index contributed by atoms with van der Waals surface area (Å²) in [6, 6.07) is 4.91. The molecular formula is C25H19F3N2O5S4. The number of rotatable bonds is 8. The molecule has 0 spiro atoms. The molecule has 14 heteroatoms. The lowest BCUT2D eigenvalue weighted by atomic mass is 9.87. The monoisotopic (exact) mass is 612 g/mol. The van der Waals surface area contributed by atoms with E-state index < -0.39 is 40.3 Å². The molecule has 7 nitrogen and oxygen atoms in total. The van der Waals surface area contributed by atoms with Crippen LogP contribution in [0.25, 0.3) is 10.1 Å². The minimum absolute atomic E-state index is 0.107. The van der Waals surface area contributed by atoms with Crippen molar-refractivity contribution in [2.75, 3.05) is 12.3 Å². The number of carbonyl (C=O) groups is 3. The maximum Gasteiger partial charge on any atom is 0.316 e. The van der Waals surface area contributed by atoms with Gasteiger partial charge in [0.25, 0.3) is 0 Å². The third-order valence-corrected chi connectivity index (χ3v) is 11.0. The zero-order chi connectivity index (χ0) is 27.9. The number of thiophene rings is 1. The minimum atomic E-state index is -1.68. The van der Waals surface area contributed by atoms with E-state index in [1.54, 1.807) is 11.3 Å². The Morgan fingerprint density at radius 2 is 2.03 bits per heavy atom. The molecule has 0 aliphatic carbocycles. The largest absolute Gasteiger partial charge is 0.481 e. The van der Waals surface area contributed by atoms with E-state index in [0.29, 0.717) is 12.5 Å². The SMILES string of the molecule is O=C(CCc1cccs1)NC1C(=O)N2CC(C=CSc3cc(=O)c4cc(F)c(F)c(F)c4s3)(C(=O)O)CS[C@H]12. The number of benzene rings is 1. The number of nitrogens with one attached hydrogen (secondary N) is 1. The standard InChI is InChI=1S/C25H19F3N2O5S4/c26-14-8-13-15(31)9-17(39-21(13)19(28)18(14)27)37-7-5-25(24(34)35)10-30-22(33)20(23(30)38-11-25)29-16(32)4-3-12-2-1-6-36-12/h1-2,5-9,20,23H,3-4,10-11H2,(H,29,32)(H,34,35)/t20?,23-,25?/m1/s1. The van der Waals surface area contributed by atoms with Gasteiger partial charge >= 0.3 is 5.97 Å². The highest BCUT2D eigenvalue weighted by molar-refractivity contribution is 8.04. The minimum Gasteiger partial charge on any atom is -0.481 e. The number of amides is 2. The van der Waals surface area contributed by atoms with Gasteiger partial charge in [-0.15, -0.1) is 34.4 Å². The van der Waals surface area contributed by atoms with Crippen molar-refractivity contribution in [2.45, 2.75) is 28.5 Å². The molecule has 0 saturated carbocycles. The molecule has 4 heterocycles. The summed E-state index contributed by atoms with van der Waals surface area (Å²) in [6.45, 7) is -0.107. The van der Waals surface area contributed by atoms with Crippen LogP contribution in [-0.2, 0) is 20.8 Å². The number of hydrogen-bond donors (Lipinski definition) is 2. The third kappa shape index (κ3) is 5.34. The number of aryl methyl sites for hydroxylation is 1. The summed E-state index contributed by atoms with van der Waals surface area (Å²) in [5.41, 5.74) is -2.13. The summed E-state index contributed by atoms with van der Waals surface area (Å²) in [4.78, 5) is 52.2. The highest BCUT2D eigenvalue weighted by Crippen LogP contribution is 2.43. The van der Waals surface area contributed by atoms with Crippen LogP contribution in [0.1, 0.15) is 11.3 Å². The number of carbonyl (C=O) groups excluding carboxylic acids is 2. The molecule has 2 aliphatic heterocycles. The van der Waals surface area contributed by atoms with Gasteiger partial charge in [0, 0.05) is 35.0 Å². The van der Waals surface area contributed by atoms with Crippen LogP contribution in [0.5, 0.6) is 0 Å². The molecule has 3 aromatic rings. The fourth-order valence-electron chi connectivity index (χ4n) is 4.30. The smallest absolute Gasteiger partial charge is 0.316 e. The average Bonchev–Trinajstić information content (AvgIpc) is 3.44. The summed E-state index contributed by atoms with van der Waals surface area (Å²) >= 11 is 4.47. The molecular weight excluding hydrogens is 594 g/mol. The molecule has 0 radical (unpaired) electrons. The maximum atomic E-state index is 14.2. The summed E-state index contributed by atoms with van der Waals surface area (Å²) in [6.07, 6.45) is 2.22. The van der Waals surface area contributed by atoms with Crippen molar-refractivity contribution in [2.24, 2.45) is 5.41 Å². The molecule has 2 aromatic heterocycles. The van der Waals surface area contributed by atoms with Gasteiger partial charge in [-0.25, -0.2) is 13.2 Å².